The summed E-state index contributed by atoms with van der Waals surface area (Å²) >= 11 is 0. The van der Waals surface area contributed by atoms with Crippen LogP contribution in [0.25, 0.3) is 11.1 Å². The summed E-state index contributed by atoms with van der Waals surface area (Å²) in [6, 6.07) is 19.5. The van der Waals surface area contributed by atoms with E-state index in [1.165, 1.54) is 0 Å². The van der Waals surface area contributed by atoms with E-state index in [-0.39, 0.29) is 5.56 Å². The van der Waals surface area contributed by atoms with E-state index in [1.807, 2.05) is 42.5 Å². The molecular weight excluding hydrogens is 296 g/mol. The van der Waals surface area contributed by atoms with Crippen LogP contribution in [0.2, 0.25) is 0 Å². The van der Waals surface area contributed by atoms with Crippen molar-refractivity contribution < 1.29 is 13.6 Å². The molecule has 0 fully saturated rings. The normalized spacial score (nSPS) is 10.3. The van der Waals surface area contributed by atoms with Gasteiger partial charge in [-0.3, -0.25) is 4.79 Å². The van der Waals surface area contributed by atoms with Crippen LogP contribution < -0.4 is 5.32 Å². The standard InChI is InChI=1S/C19H13F2NO/c20-14-10-11-17(21)16(12-14)19(23)22-18-9-5-4-8-15(18)13-6-2-1-3-7-13/h1-12H,(H,22,23). The van der Waals surface area contributed by atoms with E-state index >= 15 is 0 Å². The van der Waals surface area contributed by atoms with Crippen molar-refractivity contribution in [2.45, 2.75) is 0 Å². The Balaban J connectivity index is 1.95. The van der Waals surface area contributed by atoms with Crippen LogP contribution in [0.15, 0.2) is 72.8 Å². The number of benzene rings is 3. The molecule has 23 heavy (non-hydrogen) atoms. The Morgan fingerprint density at radius 3 is 2.30 bits per heavy atom. The van der Waals surface area contributed by atoms with E-state index in [2.05, 4.69) is 5.32 Å². The number of nitrogens with one attached hydrogen (secondary N) is 1. The Morgan fingerprint density at radius 1 is 0.826 bits per heavy atom. The van der Waals surface area contributed by atoms with Crippen LogP contribution in [-0.2, 0) is 0 Å². The van der Waals surface area contributed by atoms with E-state index in [4.69, 9.17) is 0 Å². The second-order valence-electron chi connectivity index (χ2n) is 4.99. The summed E-state index contributed by atoms with van der Waals surface area (Å²) in [5.74, 6) is -2.11. The smallest absolute Gasteiger partial charge is 0.258 e. The van der Waals surface area contributed by atoms with Crippen LogP contribution in [0.1, 0.15) is 10.4 Å². The van der Waals surface area contributed by atoms with Gasteiger partial charge in [0.05, 0.1) is 5.56 Å². The molecule has 3 rings (SSSR count). The van der Waals surface area contributed by atoms with Gasteiger partial charge in [-0.05, 0) is 29.8 Å². The maximum atomic E-state index is 13.7. The minimum atomic E-state index is -0.763. The Hall–Kier alpha value is -3.01. The maximum absolute atomic E-state index is 13.7. The second kappa shape index (κ2) is 6.40. The van der Waals surface area contributed by atoms with Crippen molar-refractivity contribution in [3.63, 3.8) is 0 Å². The first-order valence-electron chi connectivity index (χ1n) is 7.06. The van der Waals surface area contributed by atoms with E-state index in [0.29, 0.717) is 5.69 Å². The van der Waals surface area contributed by atoms with Crippen molar-refractivity contribution in [2.24, 2.45) is 0 Å². The maximum Gasteiger partial charge on any atom is 0.258 e. The monoisotopic (exact) mass is 309 g/mol. The predicted octanol–water partition coefficient (Wildman–Crippen LogP) is 4.88. The molecule has 0 aliphatic heterocycles. The first kappa shape index (κ1) is 14.9. The molecule has 1 amide bonds. The number of rotatable bonds is 3. The molecule has 4 heteroatoms. The first-order chi connectivity index (χ1) is 11.1. The van der Waals surface area contributed by atoms with E-state index in [9.17, 15) is 13.6 Å². The molecule has 0 radical (unpaired) electrons. The molecule has 0 heterocycles. The van der Waals surface area contributed by atoms with Crippen molar-refractivity contribution in [3.05, 3.63) is 90.0 Å². The minimum Gasteiger partial charge on any atom is -0.321 e. The van der Waals surface area contributed by atoms with Crippen molar-refractivity contribution in [2.75, 3.05) is 5.32 Å². The van der Waals surface area contributed by atoms with Crippen LogP contribution in [0.4, 0.5) is 14.5 Å². The molecule has 114 valence electrons. The Labute approximate surface area is 132 Å². The molecular formula is C19H13F2NO. The fourth-order valence-corrected chi connectivity index (χ4v) is 2.32. The zero-order valence-electron chi connectivity index (χ0n) is 12.1. The van der Waals surface area contributed by atoms with Gasteiger partial charge in [-0.15, -0.1) is 0 Å². The summed E-state index contributed by atoms with van der Waals surface area (Å²) in [5.41, 5.74) is 1.93. The molecule has 3 aromatic rings. The fourth-order valence-electron chi connectivity index (χ4n) is 2.32. The Kier molecular flexibility index (Phi) is 4.15. The van der Waals surface area contributed by atoms with Crippen LogP contribution in [0.3, 0.4) is 0 Å². The highest BCUT2D eigenvalue weighted by atomic mass is 19.1. The average molecular weight is 309 g/mol. The number of hydrogen-bond acceptors (Lipinski definition) is 1. The molecule has 0 aromatic heterocycles. The quantitative estimate of drug-likeness (QED) is 0.733. The second-order valence-corrected chi connectivity index (χ2v) is 4.99. The summed E-state index contributed by atoms with van der Waals surface area (Å²) < 4.78 is 27.0. The molecule has 0 atom stereocenters. The SMILES string of the molecule is O=C(Nc1ccccc1-c1ccccc1)c1cc(F)ccc1F. The average Bonchev–Trinajstić information content (AvgIpc) is 2.58. The number of anilines is 1. The highest BCUT2D eigenvalue weighted by Crippen LogP contribution is 2.28. The van der Waals surface area contributed by atoms with Gasteiger partial charge in [0.15, 0.2) is 0 Å². The van der Waals surface area contributed by atoms with Gasteiger partial charge in [0.1, 0.15) is 11.6 Å². The van der Waals surface area contributed by atoms with E-state index < -0.39 is 17.5 Å². The first-order valence-corrected chi connectivity index (χ1v) is 7.06. The van der Waals surface area contributed by atoms with Crippen molar-refractivity contribution in [1.82, 2.24) is 0 Å². The van der Waals surface area contributed by atoms with Crippen molar-refractivity contribution in [3.8, 4) is 11.1 Å². The van der Waals surface area contributed by atoms with Gasteiger partial charge >= 0.3 is 0 Å². The highest BCUT2D eigenvalue weighted by molar-refractivity contribution is 6.06. The van der Waals surface area contributed by atoms with Crippen LogP contribution in [-0.4, -0.2) is 5.91 Å². The van der Waals surface area contributed by atoms with Gasteiger partial charge in [0.2, 0.25) is 0 Å². The highest BCUT2D eigenvalue weighted by Gasteiger charge is 2.14. The lowest BCUT2D eigenvalue weighted by Gasteiger charge is -2.11. The van der Waals surface area contributed by atoms with Gasteiger partial charge in [-0.25, -0.2) is 8.78 Å². The third-order valence-corrected chi connectivity index (χ3v) is 3.43. The van der Waals surface area contributed by atoms with Gasteiger partial charge in [-0.1, -0.05) is 48.5 Å². The predicted molar refractivity (Wildman–Crippen MR) is 86.2 cm³/mol. The summed E-state index contributed by atoms with van der Waals surface area (Å²) in [6.45, 7) is 0. The van der Waals surface area contributed by atoms with Crippen LogP contribution in [0, 0.1) is 11.6 Å². The lowest BCUT2D eigenvalue weighted by Crippen LogP contribution is -2.14. The molecule has 0 bridgehead atoms. The Bertz CT molecular complexity index is 847. The summed E-state index contributed by atoms with van der Waals surface area (Å²) in [6.07, 6.45) is 0. The number of halogens is 2. The summed E-state index contributed by atoms with van der Waals surface area (Å²) in [4.78, 5) is 12.3. The molecule has 3 aromatic carbocycles. The third kappa shape index (κ3) is 3.26. The lowest BCUT2D eigenvalue weighted by atomic mass is 10.0. The molecule has 2 nitrogen and oxygen atoms in total. The summed E-state index contributed by atoms with van der Waals surface area (Å²) in [7, 11) is 0. The molecule has 0 aliphatic carbocycles. The molecule has 0 saturated heterocycles. The topological polar surface area (TPSA) is 29.1 Å². The van der Waals surface area contributed by atoms with Crippen molar-refractivity contribution in [1.29, 1.82) is 0 Å². The number of carbonyl (C=O) groups is 1. The van der Waals surface area contributed by atoms with E-state index in [1.54, 1.807) is 12.1 Å². The zero-order valence-corrected chi connectivity index (χ0v) is 12.1. The van der Waals surface area contributed by atoms with Crippen molar-refractivity contribution >= 4 is 11.6 Å². The lowest BCUT2D eigenvalue weighted by molar-refractivity contribution is 0.102. The summed E-state index contributed by atoms with van der Waals surface area (Å²) in [5, 5.41) is 2.65. The number of amides is 1. The fraction of sp³-hybridized carbons (Fsp3) is 0. The molecule has 0 spiro atoms. The number of hydrogen-bond donors (Lipinski definition) is 1. The van der Waals surface area contributed by atoms with Crippen LogP contribution >= 0.6 is 0 Å². The number of carbonyl (C=O) groups excluding carboxylic acids is 1. The third-order valence-electron chi connectivity index (χ3n) is 3.43. The molecule has 0 saturated carbocycles. The van der Waals surface area contributed by atoms with Crippen LogP contribution in [0.5, 0.6) is 0 Å². The van der Waals surface area contributed by atoms with Gasteiger partial charge < -0.3 is 5.32 Å². The molecule has 1 N–H and O–H groups in total. The zero-order chi connectivity index (χ0) is 16.2. The molecule has 0 aliphatic rings. The number of para-hydroxylation sites is 1. The minimum absolute atomic E-state index is 0.326. The van der Waals surface area contributed by atoms with E-state index in [0.717, 1.165) is 29.3 Å². The van der Waals surface area contributed by atoms with Gasteiger partial charge in [0, 0.05) is 11.3 Å². The molecule has 0 unspecified atom stereocenters. The van der Waals surface area contributed by atoms with Gasteiger partial charge in [-0.2, -0.15) is 0 Å². The largest absolute Gasteiger partial charge is 0.321 e. The Morgan fingerprint density at radius 2 is 1.52 bits per heavy atom. The van der Waals surface area contributed by atoms with Gasteiger partial charge in [0.25, 0.3) is 5.91 Å².